The van der Waals surface area contributed by atoms with E-state index in [9.17, 15) is 9.59 Å². The van der Waals surface area contributed by atoms with Crippen LogP contribution in [0, 0.1) is 0 Å². The average Bonchev–Trinajstić information content (AvgIpc) is 2.83. The second-order valence-corrected chi connectivity index (χ2v) is 8.45. The molecule has 1 saturated heterocycles. The Morgan fingerprint density at radius 2 is 1.72 bits per heavy atom. The molecular weight excluding hydrogens is 324 g/mol. The van der Waals surface area contributed by atoms with Gasteiger partial charge in [0.2, 0.25) is 0 Å². The number of nitrogens with zero attached hydrogens (tertiary/aromatic N) is 3. The number of hydrogen-bond donors (Lipinski definition) is 1. The normalized spacial score (nSPS) is 16.8. The summed E-state index contributed by atoms with van der Waals surface area (Å²) < 4.78 is 12.5. The molecule has 0 aromatic carbocycles. The molecule has 8 heteroatoms. The van der Waals surface area contributed by atoms with Gasteiger partial charge in [-0.15, -0.1) is 0 Å². The number of amides is 2. The van der Waals surface area contributed by atoms with Crippen molar-refractivity contribution in [3.63, 3.8) is 0 Å². The van der Waals surface area contributed by atoms with Gasteiger partial charge in [0.1, 0.15) is 11.2 Å². The standard InChI is InChI=1S/C17H28N4O4/c1-15(2,3)24-13(22)19-17(12-21-9-7-8-18-21)10-20(11-17)14(23)25-16(4,5)6/h7-9H,10-12H2,1-6H3,(H,19,22). The lowest BCUT2D eigenvalue weighted by molar-refractivity contribution is -0.0265. The lowest BCUT2D eigenvalue weighted by Gasteiger charge is -2.49. The smallest absolute Gasteiger partial charge is 0.410 e. The van der Waals surface area contributed by atoms with Gasteiger partial charge in [0.15, 0.2) is 0 Å². The van der Waals surface area contributed by atoms with Gasteiger partial charge < -0.3 is 19.7 Å². The maximum absolute atomic E-state index is 12.2. The number of likely N-dealkylation sites (tertiary alicyclic amines) is 1. The van der Waals surface area contributed by atoms with Gasteiger partial charge in [0, 0.05) is 12.4 Å². The van der Waals surface area contributed by atoms with Gasteiger partial charge in [0.05, 0.1) is 25.2 Å². The molecule has 1 fully saturated rings. The van der Waals surface area contributed by atoms with E-state index >= 15 is 0 Å². The van der Waals surface area contributed by atoms with E-state index < -0.39 is 28.9 Å². The van der Waals surface area contributed by atoms with Crippen LogP contribution >= 0.6 is 0 Å². The second kappa shape index (κ2) is 6.57. The quantitative estimate of drug-likeness (QED) is 0.903. The molecule has 140 valence electrons. The van der Waals surface area contributed by atoms with Crippen LogP contribution in [0.25, 0.3) is 0 Å². The largest absolute Gasteiger partial charge is 0.444 e. The highest BCUT2D eigenvalue weighted by molar-refractivity contribution is 5.72. The van der Waals surface area contributed by atoms with E-state index in [1.807, 2.05) is 33.0 Å². The summed E-state index contributed by atoms with van der Waals surface area (Å²) in [5.41, 5.74) is -1.78. The summed E-state index contributed by atoms with van der Waals surface area (Å²) in [6.07, 6.45) is 2.58. The molecule has 2 amide bonds. The molecule has 0 atom stereocenters. The van der Waals surface area contributed by atoms with Gasteiger partial charge in [-0.3, -0.25) is 4.68 Å². The first-order valence-corrected chi connectivity index (χ1v) is 8.34. The number of carbonyl (C=O) groups is 2. The Morgan fingerprint density at radius 3 is 2.20 bits per heavy atom. The Morgan fingerprint density at radius 1 is 1.12 bits per heavy atom. The van der Waals surface area contributed by atoms with E-state index in [2.05, 4.69) is 10.4 Å². The summed E-state index contributed by atoms with van der Waals surface area (Å²) in [7, 11) is 0. The molecule has 1 aromatic rings. The first kappa shape index (κ1) is 19.1. The van der Waals surface area contributed by atoms with Gasteiger partial charge in [-0.2, -0.15) is 5.10 Å². The van der Waals surface area contributed by atoms with Crippen molar-refractivity contribution >= 4 is 12.2 Å². The molecule has 1 aromatic heterocycles. The summed E-state index contributed by atoms with van der Waals surface area (Å²) >= 11 is 0. The Kier molecular flexibility index (Phi) is 5.02. The van der Waals surface area contributed by atoms with E-state index in [0.717, 1.165) is 0 Å². The first-order valence-electron chi connectivity index (χ1n) is 8.34. The topological polar surface area (TPSA) is 85.7 Å². The van der Waals surface area contributed by atoms with Gasteiger partial charge in [-0.05, 0) is 47.6 Å². The number of alkyl carbamates (subject to hydrolysis) is 1. The Balaban J connectivity index is 2.03. The van der Waals surface area contributed by atoms with Gasteiger partial charge in [0.25, 0.3) is 0 Å². The van der Waals surface area contributed by atoms with Crippen molar-refractivity contribution < 1.29 is 19.1 Å². The average molecular weight is 352 g/mol. The van der Waals surface area contributed by atoms with E-state index in [4.69, 9.17) is 9.47 Å². The molecule has 1 N–H and O–H groups in total. The minimum absolute atomic E-state index is 0.334. The van der Waals surface area contributed by atoms with Crippen molar-refractivity contribution in [3.05, 3.63) is 18.5 Å². The summed E-state index contributed by atoms with van der Waals surface area (Å²) in [5, 5.41) is 7.09. The van der Waals surface area contributed by atoms with E-state index in [-0.39, 0.29) is 0 Å². The van der Waals surface area contributed by atoms with Crippen molar-refractivity contribution in [1.29, 1.82) is 0 Å². The Labute approximate surface area is 148 Å². The molecule has 1 aliphatic heterocycles. The highest BCUT2D eigenvalue weighted by atomic mass is 16.6. The zero-order valence-corrected chi connectivity index (χ0v) is 15.8. The van der Waals surface area contributed by atoms with Crippen LogP contribution in [0.1, 0.15) is 41.5 Å². The van der Waals surface area contributed by atoms with Crippen LogP contribution in [-0.2, 0) is 16.0 Å². The molecule has 2 heterocycles. The third kappa shape index (κ3) is 5.65. The summed E-state index contributed by atoms with van der Waals surface area (Å²) in [6, 6.07) is 1.81. The van der Waals surface area contributed by atoms with Crippen LogP contribution < -0.4 is 5.32 Å². The summed E-state index contributed by atoms with van der Waals surface area (Å²) in [4.78, 5) is 25.9. The molecule has 2 rings (SSSR count). The molecule has 0 unspecified atom stereocenters. The monoisotopic (exact) mass is 352 g/mol. The summed E-state index contributed by atoms with van der Waals surface area (Å²) in [5.74, 6) is 0. The lowest BCUT2D eigenvalue weighted by atomic mass is 9.90. The Hall–Kier alpha value is -2.25. The number of nitrogens with one attached hydrogen (secondary N) is 1. The van der Waals surface area contributed by atoms with Gasteiger partial charge >= 0.3 is 12.2 Å². The molecule has 0 spiro atoms. The van der Waals surface area contributed by atoms with Crippen LogP contribution in [-0.4, -0.2) is 56.7 Å². The zero-order valence-electron chi connectivity index (χ0n) is 15.8. The van der Waals surface area contributed by atoms with E-state index in [1.54, 1.807) is 36.5 Å². The van der Waals surface area contributed by atoms with Gasteiger partial charge in [-0.25, -0.2) is 9.59 Å². The van der Waals surface area contributed by atoms with Crippen LogP contribution in [0.4, 0.5) is 9.59 Å². The molecule has 0 aliphatic carbocycles. The SMILES string of the molecule is CC(C)(C)OC(=O)NC1(Cn2cccn2)CN(C(=O)OC(C)(C)C)C1. The first-order chi connectivity index (χ1) is 11.4. The Bertz CT molecular complexity index is 608. The van der Waals surface area contributed by atoms with Crippen molar-refractivity contribution in [2.24, 2.45) is 0 Å². The molecule has 1 aliphatic rings. The highest BCUT2D eigenvalue weighted by Gasteiger charge is 2.48. The van der Waals surface area contributed by atoms with Gasteiger partial charge in [-0.1, -0.05) is 0 Å². The number of aromatic nitrogens is 2. The lowest BCUT2D eigenvalue weighted by Crippen LogP contribution is -2.73. The van der Waals surface area contributed by atoms with Crippen molar-refractivity contribution in [2.45, 2.75) is 64.8 Å². The molecule has 0 bridgehead atoms. The van der Waals surface area contributed by atoms with Crippen LogP contribution in [0.5, 0.6) is 0 Å². The van der Waals surface area contributed by atoms with E-state index in [0.29, 0.717) is 19.6 Å². The highest BCUT2D eigenvalue weighted by Crippen LogP contribution is 2.26. The number of ether oxygens (including phenoxy) is 2. The van der Waals surface area contributed by atoms with Crippen LogP contribution in [0.15, 0.2) is 18.5 Å². The zero-order chi connectivity index (χ0) is 18.9. The molecule has 25 heavy (non-hydrogen) atoms. The van der Waals surface area contributed by atoms with Crippen molar-refractivity contribution in [2.75, 3.05) is 13.1 Å². The minimum Gasteiger partial charge on any atom is -0.444 e. The number of rotatable bonds is 3. The number of hydrogen-bond acceptors (Lipinski definition) is 5. The predicted molar refractivity (Wildman–Crippen MR) is 92.1 cm³/mol. The van der Waals surface area contributed by atoms with E-state index in [1.165, 1.54) is 0 Å². The van der Waals surface area contributed by atoms with Crippen LogP contribution in [0.3, 0.4) is 0 Å². The maximum Gasteiger partial charge on any atom is 0.410 e. The van der Waals surface area contributed by atoms with Crippen molar-refractivity contribution in [3.8, 4) is 0 Å². The molecule has 0 radical (unpaired) electrons. The molecule has 8 nitrogen and oxygen atoms in total. The predicted octanol–water partition coefficient (Wildman–Crippen LogP) is 2.40. The fraction of sp³-hybridized carbons (Fsp3) is 0.706. The third-order valence-electron chi connectivity index (χ3n) is 3.43. The summed E-state index contributed by atoms with van der Waals surface area (Å²) in [6.45, 7) is 12.0. The second-order valence-electron chi connectivity index (χ2n) is 8.45. The third-order valence-corrected chi connectivity index (χ3v) is 3.43. The molecular formula is C17H28N4O4. The van der Waals surface area contributed by atoms with Crippen molar-refractivity contribution in [1.82, 2.24) is 20.0 Å². The maximum atomic E-state index is 12.2. The minimum atomic E-state index is -0.634. The van der Waals surface area contributed by atoms with Crippen LogP contribution in [0.2, 0.25) is 0 Å². The fourth-order valence-corrected chi connectivity index (χ4v) is 2.58. The fourth-order valence-electron chi connectivity index (χ4n) is 2.58. The number of carbonyl (C=O) groups excluding carboxylic acids is 2. The molecule has 0 saturated carbocycles.